The van der Waals surface area contributed by atoms with Gasteiger partial charge in [-0.25, -0.2) is 0 Å². The molecule has 1 aromatic rings. The fraction of sp³-hybridized carbons (Fsp3) is 0.500. The van der Waals surface area contributed by atoms with E-state index in [1.807, 2.05) is 6.07 Å². The van der Waals surface area contributed by atoms with E-state index in [1.165, 1.54) is 7.11 Å². The summed E-state index contributed by atoms with van der Waals surface area (Å²) < 4.78 is 9.72. The standard InChI is InChI=1S/C10H13ClO3S/c1-13-10(12)3-2-6-15-7-8-4-5-9(11)14-8/h4-5H,2-3,6-7H2,1H3. The SMILES string of the molecule is COC(=O)CCCSCc1ccc(Cl)o1. The second-order valence-electron chi connectivity index (χ2n) is 2.94. The quantitative estimate of drug-likeness (QED) is 0.573. The molecule has 0 saturated carbocycles. The van der Waals surface area contributed by atoms with Crippen LogP contribution in [0.25, 0.3) is 0 Å². The third-order valence-corrected chi connectivity index (χ3v) is 3.04. The molecular weight excluding hydrogens is 236 g/mol. The van der Waals surface area contributed by atoms with E-state index < -0.39 is 0 Å². The van der Waals surface area contributed by atoms with Crippen molar-refractivity contribution in [2.75, 3.05) is 12.9 Å². The van der Waals surface area contributed by atoms with Crippen LogP contribution in [-0.2, 0) is 15.3 Å². The number of halogens is 1. The molecule has 1 rings (SSSR count). The zero-order valence-electron chi connectivity index (χ0n) is 8.49. The van der Waals surface area contributed by atoms with E-state index in [9.17, 15) is 4.79 Å². The van der Waals surface area contributed by atoms with Crippen LogP contribution in [0.5, 0.6) is 0 Å². The van der Waals surface area contributed by atoms with Gasteiger partial charge in [0.15, 0.2) is 5.22 Å². The second kappa shape index (κ2) is 6.80. The van der Waals surface area contributed by atoms with Crippen molar-refractivity contribution in [3.05, 3.63) is 23.1 Å². The van der Waals surface area contributed by atoms with Crippen LogP contribution in [-0.4, -0.2) is 18.8 Å². The van der Waals surface area contributed by atoms with E-state index in [1.54, 1.807) is 17.8 Å². The van der Waals surface area contributed by atoms with Gasteiger partial charge in [-0.15, -0.1) is 0 Å². The first-order chi connectivity index (χ1) is 7.22. The lowest BCUT2D eigenvalue weighted by atomic mass is 10.3. The Balaban J connectivity index is 2.05. The molecule has 0 amide bonds. The van der Waals surface area contributed by atoms with E-state index in [0.717, 1.165) is 23.7 Å². The van der Waals surface area contributed by atoms with Gasteiger partial charge in [0, 0.05) is 6.42 Å². The number of ether oxygens (including phenoxy) is 1. The van der Waals surface area contributed by atoms with Crippen LogP contribution in [0, 0.1) is 0 Å². The Kier molecular flexibility index (Phi) is 5.65. The molecule has 5 heteroatoms. The molecule has 1 heterocycles. The molecule has 0 unspecified atom stereocenters. The first-order valence-electron chi connectivity index (χ1n) is 4.61. The predicted molar refractivity (Wildman–Crippen MR) is 61.1 cm³/mol. The van der Waals surface area contributed by atoms with Gasteiger partial charge in [-0.2, -0.15) is 11.8 Å². The largest absolute Gasteiger partial charge is 0.469 e. The first-order valence-corrected chi connectivity index (χ1v) is 6.14. The fourth-order valence-corrected chi connectivity index (χ4v) is 2.03. The molecule has 0 radical (unpaired) electrons. The van der Waals surface area contributed by atoms with Gasteiger partial charge in [0.1, 0.15) is 5.76 Å². The summed E-state index contributed by atoms with van der Waals surface area (Å²) in [7, 11) is 1.40. The Morgan fingerprint density at radius 2 is 2.40 bits per heavy atom. The summed E-state index contributed by atoms with van der Waals surface area (Å²) in [5, 5.41) is 0.417. The van der Waals surface area contributed by atoms with Crippen molar-refractivity contribution >= 4 is 29.3 Å². The molecule has 0 aliphatic carbocycles. The van der Waals surface area contributed by atoms with Crippen molar-refractivity contribution < 1.29 is 13.9 Å². The summed E-state index contributed by atoms with van der Waals surface area (Å²) in [5.41, 5.74) is 0. The molecule has 84 valence electrons. The number of rotatable bonds is 6. The number of esters is 1. The summed E-state index contributed by atoms with van der Waals surface area (Å²) in [6, 6.07) is 3.58. The Morgan fingerprint density at radius 3 is 3.00 bits per heavy atom. The van der Waals surface area contributed by atoms with Crippen molar-refractivity contribution in [2.45, 2.75) is 18.6 Å². The maximum absolute atomic E-state index is 10.8. The average molecular weight is 249 g/mol. The molecule has 0 N–H and O–H groups in total. The van der Waals surface area contributed by atoms with Crippen LogP contribution in [0.1, 0.15) is 18.6 Å². The van der Waals surface area contributed by atoms with E-state index in [0.29, 0.717) is 11.6 Å². The van der Waals surface area contributed by atoms with Crippen LogP contribution in [0.4, 0.5) is 0 Å². The van der Waals surface area contributed by atoms with Crippen molar-refractivity contribution in [1.29, 1.82) is 0 Å². The van der Waals surface area contributed by atoms with Crippen LogP contribution in [0.15, 0.2) is 16.5 Å². The summed E-state index contributed by atoms with van der Waals surface area (Å²) >= 11 is 7.34. The normalized spacial score (nSPS) is 10.3. The van der Waals surface area contributed by atoms with Crippen LogP contribution in [0.3, 0.4) is 0 Å². The maximum atomic E-state index is 10.8. The topological polar surface area (TPSA) is 39.4 Å². The number of hydrogen-bond donors (Lipinski definition) is 0. The smallest absolute Gasteiger partial charge is 0.305 e. The van der Waals surface area contributed by atoms with Gasteiger partial charge in [0.05, 0.1) is 12.9 Å². The minimum Gasteiger partial charge on any atom is -0.469 e. The number of carbonyl (C=O) groups excluding carboxylic acids is 1. The summed E-state index contributed by atoms with van der Waals surface area (Å²) in [5.74, 6) is 2.40. The number of methoxy groups -OCH3 is 1. The summed E-state index contributed by atoms with van der Waals surface area (Å²) in [4.78, 5) is 10.8. The van der Waals surface area contributed by atoms with Gasteiger partial charge < -0.3 is 9.15 Å². The van der Waals surface area contributed by atoms with E-state index >= 15 is 0 Å². The molecule has 0 fully saturated rings. The monoisotopic (exact) mass is 248 g/mol. The number of thioether (sulfide) groups is 1. The average Bonchev–Trinajstić information content (AvgIpc) is 2.63. The molecule has 0 atom stereocenters. The number of hydrogen-bond acceptors (Lipinski definition) is 4. The molecule has 0 aromatic carbocycles. The molecule has 3 nitrogen and oxygen atoms in total. The summed E-state index contributed by atoms with van der Waals surface area (Å²) in [6.07, 6.45) is 1.30. The van der Waals surface area contributed by atoms with E-state index in [-0.39, 0.29) is 5.97 Å². The lowest BCUT2D eigenvalue weighted by Crippen LogP contribution is -2.00. The first kappa shape index (κ1) is 12.5. The van der Waals surface area contributed by atoms with Crippen molar-refractivity contribution in [3.8, 4) is 0 Å². The molecule has 0 aliphatic rings. The van der Waals surface area contributed by atoms with Crippen LogP contribution < -0.4 is 0 Å². The Morgan fingerprint density at radius 1 is 1.60 bits per heavy atom. The maximum Gasteiger partial charge on any atom is 0.305 e. The zero-order valence-corrected chi connectivity index (χ0v) is 10.1. The lowest BCUT2D eigenvalue weighted by Gasteiger charge is -1.99. The molecule has 0 spiro atoms. The number of furan rings is 1. The van der Waals surface area contributed by atoms with Gasteiger partial charge in [0.25, 0.3) is 0 Å². The highest BCUT2D eigenvalue weighted by atomic mass is 35.5. The lowest BCUT2D eigenvalue weighted by molar-refractivity contribution is -0.140. The molecule has 0 aliphatic heterocycles. The van der Waals surface area contributed by atoms with Crippen molar-refractivity contribution in [1.82, 2.24) is 0 Å². The molecular formula is C10H13ClO3S. The minimum atomic E-state index is -0.156. The Bertz CT molecular complexity index is 311. The highest BCUT2D eigenvalue weighted by Gasteiger charge is 2.02. The van der Waals surface area contributed by atoms with Crippen LogP contribution >= 0.6 is 23.4 Å². The van der Waals surface area contributed by atoms with Crippen LogP contribution in [0.2, 0.25) is 5.22 Å². The van der Waals surface area contributed by atoms with E-state index in [4.69, 9.17) is 16.0 Å². The highest BCUT2D eigenvalue weighted by Crippen LogP contribution is 2.19. The van der Waals surface area contributed by atoms with Gasteiger partial charge in [-0.3, -0.25) is 4.79 Å². The molecule has 15 heavy (non-hydrogen) atoms. The molecule has 0 bridgehead atoms. The van der Waals surface area contributed by atoms with Gasteiger partial charge in [-0.05, 0) is 35.9 Å². The highest BCUT2D eigenvalue weighted by molar-refractivity contribution is 7.98. The second-order valence-corrected chi connectivity index (χ2v) is 4.42. The third kappa shape index (κ3) is 5.14. The van der Waals surface area contributed by atoms with Crippen molar-refractivity contribution in [3.63, 3.8) is 0 Å². The third-order valence-electron chi connectivity index (χ3n) is 1.77. The zero-order chi connectivity index (χ0) is 11.1. The minimum absolute atomic E-state index is 0.156. The van der Waals surface area contributed by atoms with Gasteiger partial charge >= 0.3 is 5.97 Å². The molecule has 0 saturated heterocycles. The Labute approximate surface area is 98.1 Å². The predicted octanol–water partition coefficient (Wildman–Crippen LogP) is 3.12. The Hall–Kier alpha value is -0.610. The fourth-order valence-electron chi connectivity index (χ4n) is 1.02. The molecule has 1 aromatic heterocycles. The van der Waals surface area contributed by atoms with Crippen molar-refractivity contribution in [2.24, 2.45) is 0 Å². The van der Waals surface area contributed by atoms with E-state index in [2.05, 4.69) is 4.74 Å². The summed E-state index contributed by atoms with van der Waals surface area (Å²) in [6.45, 7) is 0. The number of carbonyl (C=O) groups is 1. The van der Waals surface area contributed by atoms with Gasteiger partial charge in [-0.1, -0.05) is 0 Å². The van der Waals surface area contributed by atoms with Gasteiger partial charge in [0.2, 0.25) is 0 Å².